The summed E-state index contributed by atoms with van der Waals surface area (Å²) in [5.74, 6) is 0. The molecular formula is C13H27NO4Si. The SMILES string of the molecule is CCCO[Si](CCCN=C=O)(OCCC)OCCC. The van der Waals surface area contributed by atoms with E-state index in [-0.39, 0.29) is 0 Å². The highest BCUT2D eigenvalue weighted by Crippen LogP contribution is 2.19. The second kappa shape index (κ2) is 12.5. The molecule has 112 valence electrons. The van der Waals surface area contributed by atoms with Gasteiger partial charge in [0.25, 0.3) is 0 Å². The molecular weight excluding hydrogens is 262 g/mol. The third-order valence-corrected chi connectivity index (χ3v) is 5.29. The number of nitrogens with zero attached hydrogens (tertiary/aromatic N) is 1. The summed E-state index contributed by atoms with van der Waals surface area (Å²) in [6.45, 7) is 8.60. The zero-order valence-corrected chi connectivity index (χ0v) is 13.4. The van der Waals surface area contributed by atoms with Crippen molar-refractivity contribution in [2.24, 2.45) is 4.99 Å². The zero-order chi connectivity index (χ0) is 14.4. The number of aliphatic imine (C=N–C) groups is 1. The fourth-order valence-corrected chi connectivity index (χ4v) is 4.35. The van der Waals surface area contributed by atoms with Crippen molar-refractivity contribution in [2.45, 2.75) is 52.5 Å². The number of hydrogen-bond donors (Lipinski definition) is 0. The van der Waals surface area contributed by atoms with Crippen LogP contribution in [0.15, 0.2) is 4.99 Å². The standard InChI is InChI=1S/C13H27NO4Si/c1-4-9-16-19(17-10-5-2,18-11-6-3)12-7-8-14-13-15/h4-12H2,1-3H3. The lowest BCUT2D eigenvalue weighted by atomic mass is 10.5. The first-order valence-corrected chi connectivity index (χ1v) is 9.13. The van der Waals surface area contributed by atoms with Crippen LogP contribution in [0.1, 0.15) is 46.5 Å². The molecule has 19 heavy (non-hydrogen) atoms. The fourth-order valence-electron chi connectivity index (χ4n) is 1.53. The topological polar surface area (TPSA) is 57.1 Å². The van der Waals surface area contributed by atoms with E-state index in [4.69, 9.17) is 13.3 Å². The minimum absolute atomic E-state index is 0.457. The van der Waals surface area contributed by atoms with Gasteiger partial charge in [-0.1, -0.05) is 20.8 Å². The highest BCUT2D eigenvalue weighted by molar-refractivity contribution is 6.60. The molecule has 0 fully saturated rings. The van der Waals surface area contributed by atoms with Gasteiger partial charge in [-0.15, -0.1) is 0 Å². The van der Waals surface area contributed by atoms with E-state index < -0.39 is 8.80 Å². The number of isocyanates is 1. The smallest absolute Gasteiger partial charge is 0.373 e. The van der Waals surface area contributed by atoms with Crippen LogP contribution in [0.2, 0.25) is 6.04 Å². The lowest BCUT2D eigenvalue weighted by Crippen LogP contribution is -2.46. The Kier molecular flexibility index (Phi) is 12.2. The molecule has 5 nitrogen and oxygen atoms in total. The molecule has 0 aromatic heterocycles. The minimum Gasteiger partial charge on any atom is -0.373 e. The van der Waals surface area contributed by atoms with Crippen molar-refractivity contribution >= 4 is 14.9 Å². The first kappa shape index (κ1) is 18.5. The van der Waals surface area contributed by atoms with Crippen LogP contribution in [0.4, 0.5) is 0 Å². The van der Waals surface area contributed by atoms with Crippen molar-refractivity contribution in [3.63, 3.8) is 0 Å². The van der Waals surface area contributed by atoms with Gasteiger partial charge in [-0.2, -0.15) is 0 Å². The maximum atomic E-state index is 10.1. The summed E-state index contributed by atoms with van der Waals surface area (Å²) in [5.41, 5.74) is 0. The average Bonchev–Trinajstić information content (AvgIpc) is 2.44. The highest BCUT2D eigenvalue weighted by Gasteiger charge is 2.40. The Morgan fingerprint density at radius 2 is 1.42 bits per heavy atom. The molecule has 0 aliphatic rings. The number of rotatable bonds is 13. The summed E-state index contributed by atoms with van der Waals surface area (Å²) in [6.07, 6.45) is 5.10. The molecule has 0 heterocycles. The zero-order valence-electron chi connectivity index (χ0n) is 12.4. The first-order chi connectivity index (χ1) is 9.24. The number of hydrogen-bond acceptors (Lipinski definition) is 5. The van der Waals surface area contributed by atoms with Crippen molar-refractivity contribution < 1.29 is 18.1 Å². The van der Waals surface area contributed by atoms with Crippen LogP contribution in [0.3, 0.4) is 0 Å². The lowest BCUT2D eigenvalue weighted by molar-refractivity contribution is 0.0589. The molecule has 0 unspecified atom stereocenters. The molecule has 0 radical (unpaired) electrons. The van der Waals surface area contributed by atoms with Gasteiger partial charge in [-0.3, -0.25) is 0 Å². The predicted molar refractivity (Wildman–Crippen MR) is 76.9 cm³/mol. The lowest BCUT2D eigenvalue weighted by Gasteiger charge is -2.29. The molecule has 0 rings (SSSR count). The van der Waals surface area contributed by atoms with Gasteiger partial charge in [0.05, 0.1) is 6.54 Å². The van der Waals surface area contributed by atoms with E-state index in [1.807, 2.05) is 0 Å². The van der Waals surface area contributed by atoms with Crippen LogP contribution < -0.4 is 0 Å². The number of carbonyl (C=O) groups excluding carboxylic acids is 1. The third-order valence-electron chi connectivity index (χ3n) is 2.40. The second-order valence-corrected chi connectivity index (χ2v) is 7.04. The fraction of sp³-hybridized carbons (Fsp3) is 0.923. The first-order valence-electron chi connectivity index (χ1n) is 7.20. The normalized spacial score (nSPS) is 11.3. The summed E-state index contributed by atoms with van der Waals surface area (Å²) in [5, 5.41) is 0. The molecule has 0 aliphatic heterocycles. The maximum absolute atomic E-state index is 10.1. The molecule has 0 aromatic rings. The highest BCUT2D eigenvalue weighted by atomic mass is 28.4. The molecule has 6 heteroatoms. The van der Waals surface area contributed by atoms with Gasteiger partial charge < -0.3 is 13.3 Å². The van der Waals surface area contributed by atoms with Crippen LogP contribution in [-0.4, -0.2) is 41.2 Å². The Labute approximate surface area is 117 Å². The summed E-state index contributed by atoms with van der Waals surface area (Å²) < 4.78 is 17.8. The van der Waals surface area contributed by atoms with Crippen molar-refractivity contribution in [3.05, 3.63) is 0 Å². The van der Waals surface area contributed by atoms with Crippen LogP contribution in [0.25, 0.3) is 0 Å². The van der Waals surface area contributed by atoms with Gasteiger partial charge in [-0.05, 0) is 25.7 Å². The summed E-state index contributed by atoms with van der Waals surface area (Å²) >= 11 is 0. The van der Waals surface area contributed by atoms with Crippen LogP contribution in [0, 0.1) is 0 Å². The van der Waals surface area contributed by atoms with Gasteiger partial charge in [0.1, 0.15) is 0 Å². The van der Waals surface area contributed by atoms with Gasteiger partial charge in [-0.25, -0.2) is 9.79 Å². The van der Waals surface area contributed by atoms with Crippen molar-refractivity contribution in [1.29, 1.82) is 0 Å². The monoisotopic (exact) mass is 289 g/mol. The Hall–Kier alpha value is -0.523. The largest absolute Gasteiger partial charge is 0.501 e. The van der Waals surface area contributed by atoms with Crippen LogP contribution >= 0.6 is 0 Å². The van der Waals surface area contributed by atoms with Gasteiger partial charge >= 0.3 is 8.80 Å². The third kappa shape index (κ3) is 9.08. The molecule has 0 saturated carbocycles. The van der Waals surface area contributed by atoms with Gasteiger partial charge in [0.2, 0.25) is 6.08 Å². The molecule has 0 saturated heterocycles. The molecule has 0 N–H and O–H groups in total. The predicted octanol–water partition coefficient (Wildman–Crippen LogP) is 2.93. The summed E-state index contributed by atoms with van der Waals surface area (Å²) in [4.78, 5) is 13.6. The van der Waals surface area contributed by atoms with Crippen molar-refractivity contribution in [3.8, 4) is 0 Å². The molecule has 0 bridgehead atoms. The Morgan fingerprint density at radius 1 is 0.947 bits per heavy atom. The van der Waals surface area contributed by atoms with E-state index in [1.54, 1.807) is 6.08 Å². The van der Waals surface area contributed by atoms with E-state index in [1.165, 1.54) is 0 Å². The Morgan fingerprint density at radius 3 is 1.79 bits per heavy atom. The van der Waals surface area contributed by atoms with Crippen LogP contribution in [-0.2, 0) is 18.1 Å². The maximum Gasteiger partial charge on any atom is 0.501 e. The van der Waals surface area contributed by atoms with Gasteiger partial charge in [0.15, 0.2) is 0 Å². The van der Waals surface area contributed by atoms with E-state index >= 15 is 0 Å². The van der Waals surface area contributed by atoms with Crippen LogP contribution in [0.5, 0.6) is 0 Å². The van der Waals surface area contributed by atoms with E-state index in [0.29, 0.717) is 32.4 Å². The molecule has 0 aliphatic carbocycles. The Balaban J connectivity index is 4.50. The quantitative estimate of drug-likeness (QED) is 0.226. The minimum atomic E-state index is -2.60. The summed E-state index contributed by atoms with van der Waals surface area (Å²) in [7, 11) is -2.60. The molecule has 0 atom stereocenters. The van der Waals surface area contributed by atoms with E-state index in [9.17, 15) is 4.79 Å². The van der Waals surface area contributed by atoms with E-state index in [2.05, 4.69) is 25.8 Å². The van der Waals surface area contributed by atoms with Crippen molar-refractivity contribution in [2.75, 3.05) is 26.4 Å². The average molecular weight is 289 g/mol. The molecule has 0 aromatic carbocycles. The van der Waals surface area contributed by atoms with Gasteiger partial charge in [0, 0.05) is 25.9 Å². The Bertz CT molecular complexity index is 235. The summed E-state index contributed by atoms with van der Waals surface area (Å²) in [6, 6.07) is 0.707. The second-order valence-electron chi connectivity index (χ2n) is 4.30. The molecule has 0 spiro atoms. The van der Waals surface area contributed by atoms with Crippen molar-refractivity contribution in [1.82, 2.24) is 0 Å². The van der Waals surface area contributed by atoms with E-state index in [0.717, 1.165) is 25.7 Å². The molecule has 0 amide bonds.